The van der Waals surface area contributed by atoms with Crippen LogP contribution in [0.4, 0.5) is 0 Å². The average Bonchev–Trinajstić information content (AvgIpc) is 2.67. The summed E-state index contributed by atoms with van der Waals surface area (Å²) in [6.07, 6.45) is 0. The second kappa shape index (κ2) is 4.68. The van der Waals surface area contributed by atoms with Crippen LogP contribution in [0, 0.1) is 0 Å². The van der Waals surface area contributed by atoms with Gasteiger partial charge in [-0.2, -0.15) is 0 Å². The van der Waals surface area contributed by atoms with Crippen LogP contribution in [0.1, 0.15) is 5.69 Å². The first kappa shape index (κ1) is 12.2. The van der Waals surface area contributed by atoms with E-state index in [-0.39, 0.29) is 0 Å². The maximum atomic E-state index is 6.26. The maximum absolute atomic E-state index is 6.26. The van der Waals surface area contributed by atoms with E-state index in [9.17, 15) is 0 Å². The van der Waals surface area contributed by atoms with E-state index in [2.05, 4.69) is 37.4 Å². The molecular formula is C13H13BrClN3. The Kier molecular flexibility index (Phi) is 3.18. The van der Waals surface area contributed by atoms with Gasteiger partial charge in [0, 0.05) is 25.2 Å². The predicted octanol–water partition coefficient (Wildman–Crippen LogP) is 3.41. The van der Waals surface area contributed by atoms with Crippen molar-refractivity contribution in [1.29, 1.82) is 0 Å². The number of aromatic nitrogens is 2. The van der Waals surface area contributed by atoms with Gasteiger partial charge >= 0.3 is 0 Å². The Morgan fingerprint density at radius 2 is 2.06 bits per heavy atom. The lowest BCUT2D eigenvalue weighted by molar-refractivity contribution is 0.270. The number of hydrogen-bond acceptors (Lipinski definition) is 2. The Bertz CT molecular complexity index is 594. The fraction of sp³-hybridized carbons (Fsp3) is 0.308. The standard InChI is InChI=1S/C13H13BrClN3/c1-17-6-7-18-11(8-17)12(14)16-13(18)9-4-2-3-5-10(9)15/h2-5H,6-8H2,1H3. The summed E-state index contributed by atoms with van der Waals surface area (Å²) in [7, 11) is 2.12. The third kappa shape index (κ3) is 1.98. The molecule has 0 radical (unpaired) electrons. The molecule has 3 rings (SSSR count). The minimum Gasteiger partial charge on any atom is -0.324 e. The average molecular weight is 327 g/mol. The number of hydrogen-bond donors (Lipinski definition) is 0. The third-order valence-electron chi connectivity index (χ3n) is 3.26. The normalized spacial score (nSPS) is 15.7. The van der Waals surface area contributed by atoms with Crippen LogP contribution in [0.25, 0.3) is 11.4 Å². The molecule has 1 aromatic heterocycles. The van der Waals surface area contributed by atoms with E-state index in [1.165, 1.54) is 5.69 Å². The van der Waals surface area contributed by atoms with Crippen LogP contribution >= 0.6 is 27.5 Å². The first-order valence-corrected chi connectivity index (χ1v) is 7.02. The molecule has 5 heteroatoms. The molecule has 0 atom stereocenters. The Hall–Kier alpha value is -0.840. The van der Waals surface area contributed by atoms with Crippen molar-refractivity contribution in [3.8, 4) is 11.4 Å². The van der Waals surface area contributed by atoms with Gasteiger partial charge in [0.1, 0.15) is 10.4 Å². The highest BCUT2D eigenvalue weighted by Crippen LogP contribution is 2.32. The molecule has 18 heavy (non-hydrogen) atoms. The summed E-state index contributed by atoms with van der Waals surface area (Å²) in [5, 5.41) is 0.747. The van der Waals surface area contributed by atoms with Gasteiger partial charge in [-0.3, -0.25) is 4.90 Å². The van der Waals surface area contributed by atoms with E-state index in [0.29, 0.717) is 0 Å². The molecule has 2 heterocycles. The Morgan fingerprint density at radius 3 is 2.83 bits per heavy atom. The lowest BCUT2D eigenvalue weighted by Gasteiger charge is -2.25. The molecule has 0 aliphatic carbocycles. The maximum Gasteiger partial charge on any atom is 0.143 e. The molecule has 0 fully saturated rings. The molecule has 94 valence electrons. The van der Waals surface area contributed by atoms with Crippen LogP contribution in [-0.2, 0) is 13.1 Å². The molecule has 0 unspecified atom stereocenters. The first-order valence-electron chi connectivity index (χ1n) is 5.85. The second-order valence-corrected chi connectivity index (χ2v) is 5.70. The largest absolute Gasteiger partial charge is 0.324 e. The van der Waals surface area contributed by atoms with Crippen molar-refractivity contribution in [3.05, 3.63) is 39.6 Å². The molecule has 0 saturated carbocycles. The molecule has 2 aromatic rings. The highest BCUT2D eigenvalue weighted by Gasteiger charge is 2.22. The number of fused-ring (bicyclic) bond motifs is 1. The molecule has 0 N–H and O–H groups in total. The van der Waals surface area contributed by atoms with Gasteiger partial charge in [0.15, 0.2) is 0 Å². The Labute approximate surface area is 120 Å². The zero-order chi connectivity index (χ0) is 12.7. The van der Waals surface area contributed by atoms with Crippen LogP contribution in [0.5, 0.6) is 0 Å². The molecule has 1 aliphatic rings. The summed E-state index contributed by atoms with van der Waals surface area (Å²) >= 11 is 9.81. The minimum atomic E-state index is 0.747. The summed E-state index contributed by atoms with van der Waals surface area (Å²) in [5.74, 6) is 0.954. The van der Waals surface area contributed by atoms with Gasteiger partial charge in [0.25, 0.3) is 0 Å². The van der Waals surface area contributed by atoms with E-state index in [1.807, 2.05) is 24.3 Å². The van der Waals surface area contributed by atoms with E-state index >= 15 is 0 Å². The molecular weight excluding hydrogens is 314 g/mol. The SMILES string of the molecule is CN1CCn2c(-c3ccccc3Cl)nc(Br)c2C1. The Morgan fingerprint density at radius 1 is 1.28 bits per heavy atom. The third-order valence-corrected chi connectivity index (χ3v) is 4.23. The van der Waals surface area contributed by atoms with Crippen molar-refractivity contribution < 1.29 is 0 Å². The van der Waals surface area contributed by atoms with Crippen molar-refractivity contribution in [2.75, 3.05) is 13.6 Å². The Balaban J connectivity index is 2.15. The highest BCUT2D eigenvalue weighted by atomic mass is 79.9. The van der Waals surface area contributed by atoms with Gasteiger partial charge in [0.2, 0.25) is 0 Å². The summed E-state index contributed by atoms with van der Waals surface area (Å²) in [6, 6.07) is 7.85. The second-order valence-electron chi connectivity index (χ2n) is 4.54. The van der Waals surface area contributed by atoms with Crippen LogP contribution in [0.2, 0.25) is 5.02 Å². The zero-order valence-electron chi connectivity index (χ0n) is 10.0. The monoisotopic (exact) mass is 325 g/mol. The fourth-order valence-corrected chi connectivity index (χ4v) is 3.03. The number of rotatable bonds is 1. The van der Waals surface area contributed by atoms with Crippen LogP contribution in [0.15, 0.2) is 28.9 Å². The highest BCUT2D eigenvalue weighted by molar-refractivity contribution is 9.10. The van der Waals surface area contributed by atoms with Crippen LogP contribution in [-0.4, -0.2) is 28.0 Å². The molecule has 0 saturated heterocycles. The summed E-state index contributed by atoms with van der Waals surface area (Å²) in [6.45, 7) is 2.90. The number of likely N-dealkylation sites (N-methyl/N-ethyl adjacent to an activating group) is 1. The minimum absolute atomic E-state index is 0.747. The molecule has 0 spiro atoms. The van der Waals surface area contributed by atoms with Gasteiger partial charge in [-0.15, -0.1) is 0 Å². The number of nitrogens with zero attached hydrogens (tertiary/aromatic N) is 3. The summed E-state index contributed by atoms with van der Waals surface area (Å²) in [5.41, 5.74) is 2.22. The number of imidazole rings is 1. The van der Waals surface area contributed by atoms with Crippen molar-refractivity contribution in [2.24, 2.45) is 0 Å². The summed E-state index contributed by atoms with van der Waals surface area (Å²) < 4.78 is 3.18. The lowest BCUT2D eigenvalue weighted by atomic mass is 10.2. The zero-order valence-corrected chi connectivity index (χ0v) is 12.4. The molecule has 1 aliphatic heterocycles. The lowest BCUT2D eigenvalue weighted by Crippen LogP contribution is -2.30. The van der Waals surface area contributed by atoms with Gasteiger partial charge in [0.05, 0.1) is 10.7 Å². The van der Waals surface area contributed by atoms with Crippen molar-refractivity contribution in [3.63, 3.8) is 0 Å². The molecule has 3 nitrogen and oxygen atoms in total. The number of halogens is 2. The van der Waals surface area contributed by atoms with E-state index in [1.54, 1.807) is 0 Å². The molecule has 1 aromatic carbocycles. The number of benzene rings is 1. The van der Waals surface area contributed by atoms with Crippen molar-refractivity contribution in [2.45, 2.75) is 13.1 Å². The van der Waals surface area contributed by atoms with Crippen LogP contribution in [0.3, 0.4) is 0 Å². The van der Waals surface area contributed by atoms with Gasteiger partial charge in [-0.05, 0) is 35.1 Å². The first-order chi connectivity index (χ1) is 8.66. The van der Waals surface area contributed by atoms with E-state index in [0.717, 1.165) is 40.6 Å². The molecule has 0 bridgehead atoms. The topological polar surface area (TPSA) is 21.1 Å². The van der Waals surface area contributed by atoms with Crippen LogP contribution < -0.4 is 0 Å². The smallest absolute Gasteiger partial charge is 0.143 e. The van der Waals surface area contributed by atoms with Gasteiger partial charge in [-0.25, -0.2) is 4.98 Å². The van der Waals surface area contributed by atoms with Crippen molar-refractivity contribution in [1.82, 2.24) is 14.5 Å². The quantitative estimate of drug-likeness (QED) is 0.801. The predicted molar refractivity (Wildman–Crippen MR) is 76.7 cm³/mol. The van der Waals surface area contributed by atoms with Gasteiger partial charge in [-0.1, -0.05) is 23.7 Å². The van der Waals surface area contributed by atoms with Crippen molar-refractivity contribution >= 4 is 27.5 Å². The molecule has 0 amide bonds. The van der Waals surface area contributed by atoms with E-state index in [4.69, 9.17) is 11.6 Å². The summed E-state index contributed by atoms with van der Waals surface area (Å²) in [4.78, 5) is 6.92. The van der Waals surface area contributed by atoms with E-state index < -0.39 is 0 Å². The van der Waals surface area contributed by atoms with Gasteiger partial charge < -0.3 is 4.57 Å². The fourth-order valence-electron chi connectivity index (χ4n) is 2.30.